The predicted octanol–water partition coefficient (Wildman–Crippen LogP) is 1.66. The van der Waals surface area contributed by atoms with Crippen molar-refractivity contribution in [1.82, 2.24) is 20.8 Å². The number of rotatable bonds is 9. The van der Waals surface area contributed by atoms with Gasteiger partial charge < -0.3 is 21.0 Å². The minimum absolute atomic E-state index is 0.0665. The minimum Gasteiger partial charge on any atom is -0.399 e. The molecule has 3 rings (SSSR count). The van der Waals surface area contributed by atoms with Crippen molar-refractivity contribution in [3.05, 3.63) is 83.3 Å². The van der Waals surface area contributed by atoms with Crippen LogP contribution in [0.3, 0.4) is 0 Å². The molecule has 9 nitrogen and oxygen atoms in total. The number of hydrogen-bond acceptors (Lipinski definition) is 6. The molecule has 8 N–H and O–H groups in total. The molecule has 0 fully saturated rings. The molecule has 1 atom stereocenters. The van der Waals surface area contributed by atoms with Crippen LogP contribution < -0.4 is 22.4 Å². The number of H-pyrrole nitrogens is 1. The van der Waals surface area contributed by atoms with E-state index in [0.717, 1.165) is 34.7 Å². The quantitative estimate of drug-likeness (QED) is 0.163. The van der Waals surface area contributed by atoms with Crippen LogP contribution in [-0.4, -0.2) is 39.6 Å². The minimum atomic E-state index is -1.14. The number of carbonyl (C=O) groups excluding carboxylic acids is 2. The van der Waals surface area contributed by atoms with Gasteiger partial charge >= 0.3 is 0 Å². The van der Waals surface area contributed by atoms with Crippen molar-refractivity contribution in [3.63, 3.8) is 0 Å². The smallest absolute Gasteiger partial charge is 0.251 e. The number of para-hydroxylation sites is 1. The molecule has 11 heteroatoms. The first kappa shape index (κ1) is 23.7. The second-order valence-electron chi connectivity index (χ2n) is 7.42. The van der Waals surface area contributed by atoms with Crippen LogP contribution in [0.2, 0.25) is 0 Å². The van der Waals surface area contributed by atoms with E-state index in [-0.39, 0.29) is 24.2 Å². The number of nitrogens with one attached hydrogen (secondary N) is 3. The molecule has 0 bridgehead atoms. The number of amides is 2. The van der Waals surface area contributed by atoms with Crippen LogP contribution >= 0.6 is 0 Å². The molecule has 0 aliphatic rings. The monoisotopic (exact) mass is 458 g/mol. The highest BCUT2D eigenvalue weighted by Gasteiger charge is 2.20. The van der Waals surface area contributed by atoms with Crippen molar-refractivity contribution in [3.8, 4) is 0 Å². The summed E-state index contributed by atoms with van der Waals surface area (Å²) in [5, 5.41) is 13.6. The molecule has 0 spiro atoms. The number of carbonyl (C=O) groups is 2. The maximum atomic E-state index is 13.3. The molecule has 33 heavy (non-hydrogen) atoms. The number of benzene rings is 2. The Balaban J connectivity index is 1.69. The lowest BCUT2D eigenvalue weighted by atomic mass is 10.0. The summed E-state index contributed by atoms with van der Waals surface area (Å²) in [4.78, 5) is 27.1. The second kappa shape index (κ2) is 10.6. The summed E-state index contributed by atoms with van der Waals surface area (Å²) < 4.78 is 26.4. The second-order valence-corrected chi connectivity index (χ2v) is 7.42. The molecule has 2 amide bonds. The van der Waals surface area contributed by atoms with Gasteiger partial charge in [0, 0.05) is 34.6 Å². The fourth-order valence-electron chi connectivity index (χ4n) is 3.36. The zero-order valence-electron chi connectivity index (χ0n) is 17.5. The lowest BCUT2D eigenvalue weighted by Gasteiger charge is -2.26. The number of fused-ring (bicyclic) bond motifs is 1. The number of hydroxylamine groups is 1. The van der Waals surface area contributed by atoms with Crippen LogP contribution in [0.1, 0.15) is 22.3 Å². The summed E-state index contributed by atoms with van der Waals surface area (Å²) in [6, 6.07) is 9.85. The molecule has 174 valence electrons. The lowest BCUT2D eigenvalue weighted by molar-refractivity contribution is -0.130. The van der Waals surface area contributed by atoms with Gasteiger partial charge in [-0.25, -0.2) is 20.1 Å². The van der Waals surface area contributed by atoms with Gasteiger partial charge in [-0.15, -0.1) is 0 Å². The van der Waals surface area contributed by atoms with Gasteiger partial charge in [0.05, 0.1) is 19.0 Å². The molecule has 0 aliphatic heterocycles. The number of aromatic amines is 1. The maximum absolute atomic E-state index is 13.3. The molecular weight excluding hydrogens is 434 g/mol. The van der Waals surface area contributed by atoms with E-state index in [1.165, 1.54) is 11.2 Å². The average molecular weight is 458 g/mol. The molecule has 3 aromatic rings. The van der Waals surface area contributed by atoms with Gasteiger partial charge in [0.2, 0.25) is 5.91 Å². The predicted molar refractivity (Wildman–Crippen MR) is 117 cm³/mol. The highest BCUT2D eigenvalue weighted by Crippen LogP contribution is 2.21. The number of nitrogens with zero attached hydrogens (tertiary/aromatic N) is 1. The Hall–Kier alpha value is -3.96. The van der Waals surface area contributed by atoms with Crippen molar-refractivity contribution in [2.75, 3.05) is 6.54 Å². The van der Waals surface area contributed by atoms with E-state index in [2.05, 4.69) is 10.3 Å². The summed E-state index contributed by atoms with van der Waals surface area (Å²) in [6.07, 6.45) is 3.41. The van der Waals surface area contributed by atoms with Crippen LogP contribution in [0.5, 0.6) is 0 Å². The first-order chi connectivity index (χ1) is 15.8. The van der Waals surface area contributed by atoms with E-state index >= 15 is 0 Å². The molecule has 0 aliphatic carbocycles. The molecule has 1 aromatic heterocycles. The number of aromatic nitrogens is 1. The standard InChI is InChI=1S/C22H24F2N6O3/c23-18-6-5-13(8-19(18)24)22(32)28-11-15(25)12-30(26)16(9-21(31)29-33)7-14-10-27-20-4-2-1-3-17(14)20/h1-6,8,10,12,16,27,33H,7,9,11,25-26H2,(H,28,32)(H,29,31)/b15-12-. The molecule has 0 saturated heterocycles. The molecule has 1 unspecified atom stereocenters. The van der Waals surface area contributed by atoms with Gasteiger partial charge in [-0.1, -0.05) is 18.2 Å². The zero-order valence-corrected chi connectivity index (χ0v) is 17.5. The Morgan fingerprint density at radius 1 is 1.18 bits per heavy atom. The number of hydrazine groups is 1. The van der Waals surface area contributed by atoms with E-state index in [1.54, 1.807) is 5.48 Å². The van der Waals surface area contributed by atoms with E-state index in [9.17, 15) is 18.4 Å². The summed E-state index contributed by atoms with van der Waals surface area (Å²) in [5.41, 5.74) is 9.47. The highest BCUT2D eigenvalue weighted by molar-refractivity contribution is 5.94. The summed E-state index contributed by atoms with van der Waals surface area (Å²) >= 11 is 0. The van der Waals surface area contributed by atoms with Crippen molar-refractivity contribution in [2.45, 2.75) is 18.9 Å². The van der Waals surface area contributed by atoms with Crippen molar-refractivity contribution in [1.29, 1.82) is 0 Å². The number of nitrogens with two attached hydrogens (primary N) is 2. The first-order valence-corrected chi connectivity index (χ1v) is 9.99. The Morgan fingerprint density at radius 2 is 1.94 bits per heavy atom. The van der Waals surface area contributed by atoms with Crippen molar-refractivity contribution < 1.29 is 23.6 Å². The van der Waals surface area contributed by atoms with Crippen LogP contribution in [0, 0.1) is 11.6 Å². The normalized spacial score (nSPS) is 12.4. The van der Waals surface area contributed by atoms with E-state index in [4.69, 9.17) is 16.8 Å². The Morgan fingerprint density at radius 3 is 2.67 bits per heavy atom. The molecular formula is C22H24F2N6O3. The van der Waals surface area contributed by atoms with Gasteiger partial charge in [-0.3, -0.25) is 14.8 Å². The van der Waals surface area contributed by atoms with Crippen molar-refractivity contribution in [2.24, 2.45) is 11.6 Å². The van der Waals surface area contributed by atoms with Gasteiger partial charge in [0.1, 0.15) is 0 Å². The Labute approximate surface area is 188 Å². The van der Waals surface area contributed by atoms with E-state index in [0.29, 0.717) is 6.42 Å². The van der Waals surface area contributed by atoms with Crippen LogP contribution in [-0.2, 0) is 11.2 Å². The largest absolute Gasteiger partial charge is 0.399 e. The van der Waals surface area contributed by atoms with Gasteiger partial charge in [0.15, 0.2) is 11.6 Å². The molecule has 1 heterocycles. The molecule has 0 radical (unpaired) electrons. The van der Waals surface area contributed by atoms with Crippen LogP contribution in [0.15, 0.2) is 60.6 Å². The zero-order chi connectivity index (χ0) is 24.0. The number of halogens is 2. The SMILES string of the molecule is N/C(=C\N(N)C(CC(=O)NO)Cc1c[nH]c2ccccc12)CNC(=O)c1ccc(F)c(F)c1. The average Bonchev–Trinajstić information content (AvgIpc) is 3.21. The molecule has 2 aromatic carbocycles. The molecule has 0 saturated carbocycles. The lowest BCUT2D eigenvalue weighted by Crippen LogP contribution is -2.42. The van der Waals surface area contributed by atoms with Gasteiger partial charge in [-0.2, -0.15) is 0 Å². The van der Waals surface area contributed by atoms with E-state index in [1.807, 2.05) is 30.5 Å². The van der Waals surface area contributed by atoms with Crippen molar-refractivity contribution >= 4 is 22.7 Å². The Kier molecular flexibility index (Phi) is 7.59. The topological polar surface area (TPSA) is 150 Å². The van der Waals surface area contributed by atoms with Crippen LogP contribution in [0.25, 0.3) is 10.9 Å². The summed E-state index contributed by atoms with van der Waals surface area (Å²) in [7, 11) is 0. The highest BCUT2D eigenvalue weighted by atomic mass is 19.2. The first-order valence-electron chi connectivity index (χ1n) is 9.99. The summed E-state index contributed by atoms with van der Waals surface area (Å²) in [5.74, 6) is 2.66. The fourth-order valence-corrected chi connectivity index (χ4v) is 3.36. The Bertz CT molecular complexity index is 1180. The maximum Gasteiger partial charge on any atom is 0.251 e. The van der Waals surface area contributed by atoms with Gasteiger partial charge in [0.25, 0.3) is 5.91 Å². The summed E-state index contributed by atoms with van der Waals surface area (Å²) in [6.45, 7) is -0.127. The van der Waals surface area contributed by atoms with Gasteiger partial charge in [-0.05, 0) is 36.2 Å². The third kappa shape index (κ3) is 6.05. The fraction of sp³-hybridized carbons (Fsp3) is 0.182. The van der Waals surface area contributed by atoms with Crippen LogP contribution in [0.4, 0.5) is 8.78 Å². The van der Waals surface area contributed by atoms with E-state index < -0.39 is 29.5 Å². The third-order valence-corrected chi connectivity index (χ3v) is 5.05. The third-order valence-electron chi connectivity index (χ3n) is 5.05. The number of hydrogen-bond donors (Lipinski definition) is 6.